The predicted octanol–water partition coefficient (Wildman–Crippen LogP) is 0.974. The highest BCUT2D eigenvalue weighted by Gasteiger charge is 2.27. The van der Waals surface area contributed by atoms with Gasteiger partial charge in [-0.2, -0.15) is 0 Å². The molecule has 1 N–H and O–H groups in total. The number of nitrogens with one attached hydrogen (secondary N) is 1. The summed E-state index contributed by atoms with van der Waals surface area (Å²) in [5.74, 6) is 0.699. The van der Waals surface area contributed by atoms with Crippen molar-refractivity contribution >= 4 is 5.95 Å². The van der Waals surface area contributed by atoms with Crippen LogP contribution in [-0.4, -0.2) is 52.1 Å². The third-order valence-electron chi connectivity index (χ3n) is 3.73. The van der Waals surface area contributed by atoms with Crippen LogP contribution in [0.2, 0.25) is 0 Å². The number of anilines is 1. The Morgan fingerprint density at radius 2 is 1.76 bits per heavy atom. The van der Waals surface area contributed by atoms with E-state index in [0.717, 1.165) is 32.2 Å². The lowest BCUT2D eigenvalue weighted by molar-refractivity contribution is 0.0712. The van der Waals surface area contributed by atoms with Crippen LogP contribution in [0.3, 0.4) is 0 Å². The molecule has 1 aromatic heterocycles. The number of hydrogen-bond donors (Lipinski definition) is 1. The maximum Gasteiger partial charge on any atom is 0.237 e. The molecular formula is C12H19N5. The standard InChI is InChI=1S/C12H19N5/c1-3-11(4-1)16-7-9-17(10-8-16)15-12-13-5-2-6-14-12/h2,5-6,11H,1,3-4,7-10H2,(H,13,14,15). The first kappa shape index (κ1) is 10.9. The van der Waals surface area contributed by atoms with Crippen molar-refractivity contribution in [2.75, 3.05) is 31.6 Å². The first-order valence-electron chi connectivity index (χ1n) is 6.44. The van der Waals surface area contributed by atoms with E-state index in [4.69, 9.17) is 0 Å². The molecule has 0 spiro atoms. The molecule has 1 aliphatic carbocycles. The second kappa shape index (κ2) is 4.98. The van der Waals surface area contributed by atoms with E-state index >= 15 is 0 Å². The Labute approximate surface area is 102 Å². The fraction of sp³-hybridized carbons (Fsp3) is 0.667. The van der Waals surface area contributed by atoms with Gasteiger partial charge in [0.15, 0.2) is 0 Å². The van der Waals surface area contributed by atoms with Gasteiger partial charge in [-0.1, -0.05) is 6.42 Å². The van der Waals surface area contributed by atoms with Gasteiger partial charge in [-0.05, 0) is 18.9 Å². The number of hydrogen-bond acceptors (Lipinski definition) is 5. The largest absolute Gasteiger partial charge is 0.298 e. The van der Waals surface area contributed by atoms with Gasteiger partial charge in [0.25, 0.3) is 0 Å². The fourth-order valence-electron chi connectivity index (χ4n) is 2.45. The molecule has 3 rings (SSSR count). The third kappa shape index (κ3) is 2.56. The van der Waals surface area contributed by atoms with Crippen molar-refractivity contribution in [2.24, 2.45) is 0 Å². The highest BCUT2D eigenvalue weighted by Crippen LogP contribution is 2.25. The Kier molecular flexibility index (Phi) is 3.20. The van der Waals surface area contributed by atoms with Crippen molar-refractivity contribution in [1.29, 1.82) is 0 Å². The summed E-state index contributed by atoms with van der Waals surface area (Å²) < 4.78 is 0. The Morgan fingerprint density at radius 1 is 1.06 bits per heavy atom. The van der Waals surface area contributed by atoms with Crippen molar-refractivity contribution in [1.82, 2.24) is 19.9 Å². The summed E-state index contributed by atoms with van der Waals surface area (Å²) in [6.45, 7) is 4.42. The molecule has 0 aromatic carbocycles. The molecule has 0 bridgehead atoms. The molecule has 0 atom stereocenters. The summed E-state index contributed by atoms with van der Waals surface area (Å²) in [4.78, 5) is 11.0. The molecule has 0 unspecified atom stereocenters. The van der Waals surface area contributed by atoms with Gasteiger partial charge in [0.2, 0.25) is 5.95 Å². The van der Waals surface area contributed by atoms with Crippen LogP contribution in [0.25, 0.3) is 0 Å². The molecule has 2 aliphatic rings. The van der Waals surface area contributed by atoms with E-state index < -0.39 is 0 Å². The second-order valence-corrected chi connectivity index (χ2v) is 4.79. The summed E-state index contributed by atoms with van der Waals surface area (Å²) in [6.07, 6.45) is 7.74. The van der Waals surface area contributed by atoms with E-state index in [9.17, 15) is 0 Å². The average Bonchev–Trinajstić information content (AvgIpc) is 2.31. The molecule has 92 valence electrons. The SMILES string of the molecule is c1cnc(NN2CCN(C3CCC3)CC2)nc1. The van der Waals surface area contributed by atoms with Gasteiger partial charge in [0.1, 0.15) is 0 Å². The fourth-order valence-corrected chi connectivity index (χ4v) is 2.45. The number of hydrazine groups is 1. The van der Waals surface area contributed by atoms with Crippen molar-refractivity contribution in [3.63, 3.8) is 0 Å². The minimum absolute atomic E-state index is 0.699. The maximum atomic E-state index is 4.18. The average molecular weight is 233 g/mol. The van der Waals surface area contributed by atoms with Crippen LogP contribution >= 0.6 is 0 Å². The van der Waals surface area contributed by atoms with Crippen molar-refractivity contribution in [3.05, 3.63) is 18.5 Å². The molecule has 2 fully saturated rings. The third-order valence-corrected chi connectivity index (χ3v) is 3.73. The summed E-state index contributed by atoms with van der Waals surface area (Å²) >= 11 is 0. The van der Waals surface area contributed by atoms with Gasteiger partial charge in [-0.3, -0.25) is 10.3 Å². The van der Waals surface area contributed by atoms with Gasteiger partial charge in [-0.25, -0.2) is 15.0 Å². The molecule has 0 radical (unpaired) electrons. The lowest BCUT2D eigenvalue weighted by Crippen LogP contribution is -2.53. The summed E-state index contributed by atoms with van der Waals surface area (Å²) in [6, 6.07) is 2.70. The molecule has 1 saturated heterocycles. The molecule has 1 aliphatic heterocycles. The smallest absolute Gasteiger partial charge is 0.237 e. The Bertz CT molecular complexity index is 343. The van der Waals surface area contributed by atoms with E-state index in [2.05, 4.69) is 25.3 Å². The Balaban J connectivity index is 1.48. The van der Waals surface area contributed by atoms with Gasteiger partial charge in [0.05, 0.1) is 0 Å². The maximum absolute atomic E-state index is 4.18. The zero-order chi connectivity index (χ0) is 11.5. The monoisotopic (exact) mass is 233 g/mol. The minimum Gasteiger partial charge on any atom is -0.298 e. The molecule has 17 heavy (non-hydrogen) atoms. The Hall–Kier alpha value is -1.20. The van der Waals surface area contributed by atoms with Crippen LogP contribution in [0.1, 0.15) is 19.3 Å². The molecular weight excluding hydrogens is 214 g/mol. The van der Waals surface area contributed by atoms with E-state index in [-0.39, 0.29) is 0 Å². The van der Waals surface area contributed by atoms with Crippen LogP contribution in [0.15, 0.2) is 18.5 Å². The van der Waals surface area contributed by atoms with Crippen LogP contribution < -0.4 is 5.43 Å². The van der Waals surface area contributed by atoms with Crippen LogP contribution in [-0.2, 0) is 0 Å². The highest BCUT2D eigenvalue weighted by atomic mass is 15.6. The van der Waals surface area contributed by atoms with E-state index in [1.165, 1.54) is 19.3 Å². The zero-order valence-electron chi connectivity index (χ0n) is 10.0. The lowest BCUT2D eigenvalue weighted by Gasteiger charge is -2.42. The molecule has 5 heteroatoms. The van der Waals surface area contributed by atoms with Crippen molar-refractivity contribution in [2.45, 2.75) is 25.3 Å². The van der Waals surface area contributed by atoms with E-state index in [1.54, 1.807) is 12.4 Å². The first-order valence-corrected chi connectivity index (χ1v) is 6.44. The van der Waals surface area contributed by atoms with Gasteiger partial charge in [0, 0.05) is 44.6 Å². The molecule has 2 heterocycles. The van der Waals surface area contributed by atoms with Gasteiger partial charge < -0.3 is 0 Å². The summed E-state index contributed by atoms with van der Waals surface area (Å²) in [5.41, 5.74) is 3.26. The quantitative estimate of drug-likeness (QED) is 0.843. The first-order chi connectivity index (χ1) is 8.42. The van der Waals surface area contributed by atoms with E-state index in [1.807, 2.05) is 6.07 Å². The number of piperazine rings is 1. The lowest BCUT2D eigenvalue weighted by atomic mass is 9.91. The predicted molar refractivity (Wildman–Crippen MR) is 66.4 cm³/mol. The highest BCUT2D eigenvalue weighted by molar-refractivity contribution is 5.20. The summed E-state index contributed by atoms with van der Waals surface area (Å²) in [7, 11) is 0. The molecule has 1 aromatic rings. The number of rotatable bonds is 3. The molecule has 0 amide bonds. The van der Waals surface area contributed by atoms with Gasteiger partial charge in [-0.15, -0.1) is 0 Å². The Morgan fingerprint density at radius 3 is 2.35 bits per heavy atom. The molecule has 5 nitrogen and oxygen atoms in total. The number of aromatic nitrogens is 2. The van der Waals surface area contributed by atoms with Crippen LogP contribution in [0.4, 0.5) is 5.95 Å². The second-order valence-electron chi connectivity index (χ2n) is 4.79. The minimum atomic E-state index is 0.699. The van der Waals surface area contributed by atoms with Gasteiger partial charge >= 0.3 is 0 Å². The van der Waals surface area contributed by atoms with Crippen LogP contribution in [0.5, 0.6) is 0 Å². The summed E-state index contributed by atoms with van der Waals surface area (Å²) in [5, 5.41) is 2.21. The topological polar surface area (TPSA) is 44.3 Å². The van der Waals surface area contributed by atoms with Crippen LogP contribution in [0, 0.1) is 0 Å². The number of nitrogens with zero attached hydrogens (tertiary/aromatic N) is 4. The van der Waals surface area contributed by atoms with Crippen molar-refractivity contribution in [3.8, 4) is 0 Å². The molecule has 1 saturated carbocycles. The zero-order valence-corrected chi connectivity index (χ0v) is 10.0. The van der Waals surface area contributed by atoms with E-state index in [0.29, 0.717) is 5.95 Å². The van der Waals surface area contributed by atoms with Crippen molar-refractivity contribution < 1.29 is 0 Å². The normalized spacial score (nSPS) is 23.3.